The maximum absolute atomic E-state index is 13.4. The summed E-state index contributed by atoms with van der Waals surface area (Å²) in [6.07, 6.45) is 0. The Morgan fingerprint density at radius 1 is 1.05 bits per heavy atom. The van der Waals surface area contributed by atoms with Crippen molar-refractivity contribution in [2.75, 3.05) is 5.73 Å². The van der Waals surface area contributed by atoms with E-state index in [9.17, 15) is 4.39 Å². The van der Waals surface area contributed by atoms with Crippen molar-refractivity contribution in [3.8, 4) is 11.5 Å². The highest BCUT2D eigenvalue weighted by Crippen LogP contribution is 2.35. The van der Waals surface area contributed by atoms with Gasteiger partial charge in [0, 0.05) is 23.4 Å². The molecule has 2 N–H and O–H groups in total. The second kappa shape index (κ2) is 5.16. The van der Waals surface area contributed by atoms with Gasteiger partial charge in [-0.1, -0.05) is 38.5 Å². The van der Waals surface area contributed by atoms with Crippen LogP contribution in [0.15, 0.2) is 36.4 Å². The Kier molecular flexibility index (Phi) is 3.71. The molecule has 0 saturated heterocycles. The predicted molar refractivity (Wildman–Crippen MR) is 80.8 cm³/mol. The van der Waals surface area contributed by atoms with Gasteiger partial charge in [0.25, 0.3) is 0 Å². The first kappa shape index (κ1) is 14.4. The highest BCUT2D eigenvalue weighted by Gasteiger charge is 2.19. The molecule has 0 radical (unpaired) electrons. The second-order valence-corrected chi connectivity index (χ2v) is 6.07. The third-order valence-electron chi connectivity index (χ3n) is 3.06. The van der Waals surface area contributed by atoms with E-state index in [0.29, 0.717) is 11.4 Å². The Bertz CT molecular complexity index is 609. The molecule has 0 bridgehead atoms. The van der Waals surface area contributed by atoms with E-state index in [1.807, 2.05) is 19.1 Å². The van der Waals surface area contributed by atoms with Crippen LogP contribution < -0.4 is 10.5 Å². The topological polar surface area (TPSA) is 35.2 Å². The van der Waals surface area contributed by atoms with Gasteiger partial charge in [0.1, 0.15) is 17.3 Å². The van der Waals surface area contributed by atoms with E-state index in [2.05, 4.69) is 26.8 Å². The van der Waals surface area contributed by atoms with Crippen LogP contribution in [-0.4, -0.2) is 0 Å². The normalized spacial score (nSPS) is 11.4. The van der Waals surface area contributed by atoms with Crippen molar-refractivity contribution in [1.82, 2.24) is 0 Å². The molecule has 0 spiro atoms. The summed E-state index contributed by atoms with van der Waals surface area (Å²) < 4.78 is 19.2. The minimum absolute atomic E-state index is 0.0553. The van der Waals surface area contributed by atoms with Crippen LogP contribution >= 0.6 is 0 Å². The van der Waals surface area contributed by atoms with Crippen molar-refractivity contribution < 1.29 is 9.13 Å². The molecule has 0 aliphatic rings. The van der Waals surface area contributed by atoms with E-state index in [1.54, 1.807) is 6.07 Å². The zero-order valence-electron chi connectivity index (χ0n) is 12.3. The molecule has 2 aromatic rings. The van der Waals surface area contributed by atoms with Crippen LogP contribution in [0.4, 0.5) is 10.1 Å². The summed E-state index contributed by atoms with van der Waals surface area (Å²) >= 11 is 0. The highest BCUT2D eigenvalue weighted by molar-refractivity contribution is 5.48. The van der Waals surface area contributed by atoms with Gasteiger partial charge in [-0.3, -0.25) is 0 Å². The van der Waals surface area contributed by atoms with Gasteiger partial charge in [0.05, 0.1) is 0 Å². The van der Waals surface area contributed by atoms with E-state index >= 15 is 0 Å². The van der Waals surface area contributed by atoms with Gasteiger partial charge >= 0.3 is 0 Å². The van der Waals surface area contributed by atoms with Gasteiger partial charge in [-0.15, -0.1) is 0 Å². The van der Waals surface area contributed by atoms with Crippen LogP contribution in [-0.2, 0) is 5.41 Å². The summed E-state index contributed by atoms with van der Waals surface area (Å²) in [5.41, 5.74) is 8.19. The fourth-order valence-corrected chi connectivity index (χ4v) is 2.09. The zero-order chi connectivity index (χ0) is 14.9. The van der Waals surface area contributed by atoms with Crippen LogP contribution in [0, 0.1) is 12.7 Å². The highest BCUT2D eigenvalue weighted by atomic mass is 19.1. The number of hydrogen-bond donors (Lipinski definition) is 1. The smallest absolute Gasteiger partial charge is 0.132 e. The molecule has 0 heterocycles. The molecule has 3 heteroatoms. The minimum Gasteiger partial charge on any atom is -0.457 e. The van der Waals surface area contributed by atoms with Gasteiger partial charge < -0.3 is 10.5 Å². The van der Waals surface area contributed by atoms with Gasteiger partial charge in [0.15, 0.2) is 0 Å². The van der Waals surface area contributed by atoms with Crippen molar-refractivity contribution in [2.24, 2.45) is 0 Å². The SMILES string of the molecule is Cc1ccc(Oc2cc(N)cc(F)c2)c(C(C)(C)C)c1. The maximum atomic E-state index is 13.4. The molecule has 0 saturated carbocycles. The molecule has 0 fully saturated rings. The molecule has 106 valence electrons. The molecular weight excluding hydrogens is 253 g/mol. The number of nitrogen functional groups attached to an aromatic ring is 1. The first-order valence-corrected chi connectivity index (χ1v) is 6.61. The number of hydrogen-bond acceptors (Lipinski definition) is 2. The van der Waals surface area contributed by atoms with Crippen LogP contribution in [0.1, 0.15) is 31.9 Å². The third-order valence-corrected chi connectivity index (χ3v) is 3.06. The number of rotatable bonds is 2. The molecular formula is C17H20FNO. The fraction of sp³-hybridized carbons (Fsp3) is 0.294. The van der Waals surface area contributed by atoms with Crippen LogP contribution in [0.25, 0.3) is 0 Å². The lowest BCUT2D eigenvalue weighted by atomic mass is 9.85. The summed E-state index contributed by atoms with van der Waals surface area (Å²) in [5.74, 6) is 0.745. The molecule has 0 atom stereocenters. The van der Waals surface area contributed by atoms with E-state index in [0.717, 1.165) is 11.3 Å². The molecule has 20 heavy (non-hydrogen) atoms. The number of aryl methyl sites for hydroxylation is 1. The van der Waals surface area contributed by atoms with Gasteiger partial charge in [0.2, 0.25) is 0 Å². The summed E-state index contributed by atoms with van der Waals surface area (Å²) in [6, 6.07) is 10.2. The van der Waals surface area contributed by atoms with E-state index in [4.69, 9.17) is 10.5 Å². The van der Waals surface area contributed by atoms with E-state index < -0.39 is 5.82 Å². The Hall–Kier alpha value is -2.03. The number of halogens is 1. The Balaban J connectivity index is 2.43. The molecule has 2 aromatic carbocycles. The quantitative estimate of drug-likeness (QED) is 0.797. The number of nitrogens with two attached hydrogens (primary N) is 1. The summed E-state index contributed by atoms with van der Waals surface area (Å²) in [5, 5.41) is 0. The van der Waals surface area contributed by atoms with E-state index in [-0.39, 0.29) is 5.41 Å². The third kappa shape index (κ3) is 3.29. The van der Waals surface area contributed by atoms with Crippen molar-refractivity contribution in [2.45, 2.75) is 33.1 Å². The van der Waals surface area contributed by atoms with Crippen LogP contribution in [0.2, 0.25) is 0 Å². The summed E-state index contributed by atoms with van der Waals surface area (Å²) in [4.78, 5) is 0. The van der Waals surface area contributed by atoms with Crippen LogP contribution in [0.5, 0.6) is 11.5 Å². The molecule has 0 unspecified atom stereocenters. The number of ether oxygens (including phenoxy) is 1. The monoisotopic (exact) mass is 273 g/mol. The average molecular weight is 273 g/mol. The molecule has 0 amide bonds. The van der Waals surface area contributed by atoms with Crippen molar-refractivity contribution in [1.29, 1.82) is 0 Å². The van der Waals surface area contributed by atoms with Gasteiger partial charge in [-0.05, 0) is 24.5 Å². The average Bonchev–Trinajstić information content (AvgIpc) is 2.28. The lowest BCUT2D eigenvalue weighted by molar-refractivity contribution is 0.451. The summed E-state index contributed by atoms with van der Waals surface area (Å²) in [7, 11) is 0. The molecule has 0 aromatic heterocycles. The van der Waals surface area contributed by atoms with E-state index in [1.165, 1.54) is 17.7 Å². The molecule has 0 aliphatic heterocycles. The standard InChI is InChI=1S/C17H20FNO/c1-11-5-6-16(15(7-11)17(2,3)4)20-14-9-12(18)8-13(19)10-14/h5-10H,19H2,1-4H3. The first-order valence-electron chi connectivity index (χ1n) is 6.61. The van der Waals surface area contributed by atoms with Gasteiger partial charge in [-0.25, -0.2) is 4.39 Å². The zero-order valence-corrected chi connectivity index (χ0v) is 12.3. The lowest BCUT2D eigenvalue weighted by Crippen LogP contribution is -2.12. The van der Waals surface area contributed by atoms with Gasteiger partial charge in [-0.2, -0.15) is 0 Å². The minimum atomic E-state index is -0.399. The largest absolute Gasteiger partial charge is 0.457 e. The Morgan fingerprint density at radius 2 is 1.75 bits per heavy atom. The maximum Gasteiger partial charge on any atom is 0.132 e. The number of benzene rings is 2. The first-order chi connectivity index (χ1) is 9.25. The van der Waals surface area contributed by atoms with Crippen molar-refractivity contribution in [3.63, 3.8) is 0 Å². The molecule has 0 aliphatic carbocycles. The van der Waals surface area contributed by atoms with Crippen molar-refractivity contribution in [3.05, 3.63) is 53.3 Å². The Labute approximate surface area is 119 Å². The molecule has 2 rings (SSSR count). The van der Waals surface area contributed by atoms with Crippen molar-refractivity contribution >= 4 is 5.69 Å². The lowest BCUT2D eigenvalue weighted by Gasteiger charge is -2.23. The Morgan fingerprint density at radius 3 is 2.35 bits per heavy atom. The second-order valence-electron chi connectivity index (χ2n) is 6.07. The predicted octanol–water partition coefficient (Wildman–Crippen LogP) is 4.81. The molecule has 2 nitrogen and oxygen atoms in total. The fourth-order valence-electron chi connectivity index (χ4n) is 2.09. The number of anilines is 1. The summed E-state index contributed by atoms with van der Waals surface area (Å²) in [6.45, 7) is 8.40. The van der Waals surface area contributed by atoms with Crippen LogP contribution in [0.3, 0.4) is 0 Å².